The molecule has 0 saturated carbocycles. The van der Waals surface area contributed by atoms with E-state index in [0.29, 0.717) is 6.04 Å². The summed E-state index contributed by atoms with van der Waals surface area (Å²) < 4.78 is 5.68. The second-order valence-corrected chi connectivity index (χ2v) is 5.54. The van der Waals surface area contributed by atoms with Crippen molar-refractivity contribution in [2.75, 3.05) is 26.7 Å². The van der Waals surface area contributed by atoms with Crippen LogP contribution in [0.5, 0.6) is 5.75 Å². The summed E-state index contributed by atoms with van der Waals surface area (Å²) in [5.74, 6) is 0.856. The van der Waals surface area contributed by atoms with Gasteiger partial charge in [0, 0.05) is 13.1 Å². The number of carbonyl (C=O) groups is 1. The van der Waals surface area contributed by atoms with E-state index in [-0.39, 0.29) is 24.9 Å². The van der Waals surface area contributed by atoms with Crippen molar-refractivity contribution in [2.45, 2.75) is 32.7 Å². The third-order valence-corrected chi connectivity index (χ3v) is 3.94. The maximum atomic E-state index is 12.2. The highest BCUT2D eigenvalue weighted by molar-refractivity contribution is 5.85. The zero-order valence-electron chi connectivity index (χ0n) is 13.0. The fraction of sp³-hybridized carbons (Fsp3) is 0.562. The predicted molar refractivity (Wildman–Crippen MR) is 87.3 cm³/mol. The second kappa shape index (κ2) is 8.25. The summed E-state index contributed by atoms with van der Waals surface area (Å²) in [5.41, 5.74) is 2.21. The molecular weight excluding hydrogens is 288 g/mol. The van der Waals surface area contributed by atoms with Crippen LogP contribution in [-0.4, -0.2) is 43.6 Å². The molecule has 0 unspecified atom stereocenters. The van der Waals surface area contributed by atoms with Crippen molar-refractivity contribution in [1.82, 2.24) is 10.2 Å². The highest BCUT2D eigenvalue weighted by atomic mass is 35.5. The van der Waals surface area contributed by atoms with E-state index in [1.807, 2.05) is 44.0 Å². The lowest BCUT2D eigenvalue weighted by atomic mass is 10.1. The second-order valence-electron chi connectivity index (χ2n) is 5.54. The molecule has 1 aromatic rings. The van der Waals surface area contributed by atoms with Crippen molar-refractivity contribution < 1.29 is 9.53 Å². The lowest BCUT2D eigenvalue weighted by Gasteiger charge is -2.31. The summed E-state index contributed by atoms with van der Waals surface area (Å²) in [6.07, 6.45) is 2.04. The minimum atomic E-state index is 0. The molecule has 1 amide bonds. The Hall–Kier alpha value is -1.26. The van der Waals surface area contributed by atoms with Gasteiger partial charge in [-0.15, -0.1) is 12.4 Å². The van der Waals surface area contributed by atoms with Crippen molar-refractivity contribution in [3.8, 4) is 5.75 Å². The number of carbonyl (C=O) groups excluding carboxylic acids is 1. The molecule has 0 atom stereocenters. The van der Waals surface area contributed by atoms with Crippen LogP contribution in [-0.2, 0) is 4.79 Å². The van der Waals surface area contributed by atoms with Crippen LogP contribution in [0, 0.1) is 13.8 Å². The number of likely N-dealkylation sites (N-methyl/N-ethyl adjacent to an activating group) is 1. The van der Waals surface area contributed by atoms with Gasteiger partial charge in [-0.2, -0.15) is 0 Å². The SMILES string of the molecule is Cc1ccc(C)c(OCC(=O)N(C)C2CCNCC2)c1.Cl. The van der Waals surface area contributed by atoms with Crippen molar-refractivity contribution >= 4 is 18.3 Å². The first-order valence-electron chi connectivity index (χ1n) is 7.24. The normalized spacial score (nSPS) is 15.2. The first kappa shape index (κ1) is 17.8. The van der Waals surface area contributed by atoms with Crippen LogP contribution in [0.4, 0.5) is 0 Å². The van der Waals surface area contributed by atoms with Gasteiger partial charge >= 0.3 is 0 Å². The quantitative estimate of drug-likeness (QED) is 0.927. The Bertz CT molecular complexity index is 473. The largest absolute Gasteiger partial charge is 0.483 e. The highest BCUT2D eigenvalue weighted by Crippen LogP contribution is 2.19. The molecule has 1 aliphatic rings. The number of hydrogen-bond acceptors (Lipinski definition) is 3. The lowest BCUT2D eigenvalue weighted by Crippen LogP contribution is -2.45. The number of benzene rings is 1. The Morgan fingerprint density at radius 3 is 2.67 bits per heavy atom. The molecule has 0 spiro atoms. The molecule has 1 N–H and O–H groups in total. The third kappa shape index (κ3) is 4.90. The highest BCUT2D eigenvalue weighted by Gasteiger charge is 2.22. The van der Waals surface area contributed by atoms with Crippen LogP contribution < -0.4 is 10.1 Å². The summed E-state index contributed by atoms with van der Waals surface area (Å²) in [7, 11) is 1.88. The number of halogens is 1. The van der Waals surface area contributed by atoms with Crippen molar-refractivity contribution in [2.24, 2.45) is 0 Å². The summed E-state index contributed by atoms with van der Waals surface area (Å²) in [5, 5.41) is 3.31. The monoisotopic (exact) mass is 312 g/mol. The molecule has 1 aromatic carbocycles. The van der Waals surface area contributed by atoms with Crippen LogP contribution in [0.25, 0.3) is 0 Å². The first-order chi connectivity index (χ1) is 9.58. The number of nitrogens with zero attached hydrogens (tertiary/aromatic N) is 1. The fourth-order valence-electron chi connectivity index (χ4n) is 2.50. The smallest absolute Gasteiger partial charge is 0.260 e. The van der Waals surface area contributed by atoms with E-state index in [4.69, 9.17) is 4.74 Å². The van der Waals surface area contributed by atoms with Gasteiger partial charge in [0.15, 0.2) is 6.61 Å². The van der Waals surface area contributed by atoms with Crippen molar-refractivity contribution in [3.05, 3.63) is 29.3 Å². The van der Waals surface area contributed by atoms with Crippen molar-refractivity contribution in [3.63, 3.8) is 0 Å². The Morgan fingerprint density at radius 2 is 2.00 bits per heavy atom. The van der Waals surface area contributed by atoms with E-state index in [9.17, 15) is 4.79 Å². The maximum absolute atomic E-state index is 12.2. The van der Waals surface area contributed by atoms with Gasteiger partial charge in [0.25, 0.3) is 5.91 Å². The number of ether oxygens (including phenoxy) is 1. The van der Waals surface area contributed by atoms with E-state index in [1.165, 1.54) is 0 Å². The maximum Gasteiger partial charge on any atom is 0.260 e. The summed E-state index contributed by atoms with van der Waals surface area (Å²) in [4.78, 5) is 14.0. The minimum Gasteiger partial charge on any atom is -0.483 e. The third-order valence-electron chi connectivity index (χ3n) is 3.94. The molecule has 21 heavy (non-hydrogen) atoms. The summed E-state index contributed by atoms with van der Waals surface area (Å²) in [6.45, 7) is 6.11. The molecule has 2 rings (SSSR count). The molecule has 0 aliphatic carbocycles. The standard InChI is InChI=1S/C16H24N2O2.ClH/c1-12-4-5-13(2)15(10-12)20-11-16(19)18(3)14-6-8-17-9-7-14;/h4-5,10,14,17H,6-9,11H2,1-3H3;1H. The number of hydrogen-bond donors (Lipinski definition) is 1. The van der Waals surface area contributed by atoms with Gasteiger partial charge in [-0.1, -0.05) is 12.1 Å². The lowest BCUT2D eigenvalue weighted by molar-refractivity contribution is -0.134. The van der Waals surface area contributed by atoms with Crippen LogP contribution in [0.15, 0.2) is 18.2 Å². The van der Waals surface area contributed by atoms with Gasteiger partial charge in [0.05, 0.1) is 0 Å². The average Bonchev–Trinajstić information content (AvgIpc) is 2.48. The van der Waals surface area contributed by atoms with Crippen LogP contribution in [0.2, 0.25) is 0 Å². The molecule has 5 heteroatoms. The van der Waals surface area contributed by atoms with Gasteiger partial charge < -0.3 is 15.0 Å². The van der Waals surface area contributed by atoms with E-state index in [1.54, 1.807) is 0 Å². The van der Waals surface area contributed by atoms with E-state index in [2.05, 4.69) is 5.32 Å². The van der Waals surface area contributed by atoms with Crippen LogP contribution in [0.1, 0.15) is 24.0 Å². The molecule has 0 aromatic heterocycles. The molecule has 0 radical (unpaired) electrons. The zero-order chi connectivity index (χ0) is 14.5. The Balaban J connectivity index is 0.00000220. The predicted octanol–water partition coefficient (Wildman–Crippen LogP) is 2.31. The van der Waals surface area contributed by atoms with Gasteiger partial charge in [0.1, 0.15) is 5.75 Å². The first-order valence-corrected chi connectivity index (χ1v) is 7.24. The summed E-state index contributed by atoms with van der Waals surface area (Å²) >= 11 is 0. The molecule has 118 valence electrons. The minimum absolute atomic E-state index is 0. The van der Waals surface area contributed by atoms with Crippen LogP contribution in [0.3, 0.4) is 0 Å². The summed E-state index contributed by atoms with van der Waals surface area (Å²) in [6, 6.07) is 6.38. The molecule has 1 fully saturated rings. The molecule has 4 nitrogen and oxygen atoms in total. The zero-order valence-corrected chi connectivity index (χ0v) is 13.8. The average molecular weight is 313 g/mol. The fourth-order valence-corrected chi connectivity index (χ4v) is 2.50. The van der Waals surface area contributed by atoms with Crippen molar-refractivity contribution in [1.29, 1.82) is 0 Å². The van der Waals surface area contributed by atoms with Gasteiger partial charge in [-0.3, -0.25) is 4.79 Å². The molecule has 0 bridgehead atoms. The number of nitrogens with one attached hydrogen (secondary N) is 1. The topological polar surface area (TPSA) is 41.6 Å². The molecular formula is C16H25ClN2O2. The van der Waals surface area contributed by atoms with E-state index < -0.39 is 0 Å². The van der Waals surface area contributed by atoms with E-state index in [0.717, 1.165) is 42.8 Å². The molecule has 1 saturated heterocycles. The van der Waals surface area contributed by atoms with Crippen LogP contribution >= 0.6 is 12.4 Å². The van der Waals surface area contributed by atoms with Gasteiger partial charge in [-0.05, 0) is 57.0 Å². The number of amides is 1. The number of aryl methyl sites for hydroxylation is 2. The Kier molecular flexibility index (Phi) is 6.99. The Morgan fingerprint density at radius 1 is 1.33 bits per heavy atom. The molecule has 1 heterocycles. The molecule has 1 aliphatic heterocycles. The van der Waals surface area contributed by atoms with E-state index >= 15 is 0 Å². The Labute approximate surface area is 133 Å². The number of rotatable bonds is 4. The number of piperidine rings is 1. The van der Waals surface area contributed by atoms with Gasteiger partial charge in [-0.25, -0.2) is 0 Å². The van der Waals surface area contributed by atoms with Gasteiger partial charge in [0.2, 0.25) is 0 Å².